The molecular formula is C13H16ClN3O. The molecule has 2 rings (SSSR count). The highest BCUT2D eigenvalue weighted by atomic mass is 35.5. The molecule has 1 aromatic carbocycles. The van der Waals surface area contributed by atoms with E-state index >= 15 is 0 Å². The van der Waals surface area contributed by atoms with Crippen molar-refractivity contribution in [3.63, 3.8) is 0 Å². The fourth-order valence-corrected chi connectivity index (χ4v) is 1.95. The van der Waals surface area contributed by atoms with Gasteiger partial charge in [0.2, 0.25) is 5.28 Å². The van der Waals surface area contributed by atoms with Crippen LogP contribution in [0.2, 0.25) is 5.28 Å². The Labute approximate surface area is 111 Å². The summed E-state index contributed by atoms with van der Waals surface area (Å²) in [5, 5.41) is 13.3. The SMILES string of the molecule is CC(CCO)CNc1nc(Cl)nc2ccccc12. The van der Waals surface area contributed by atoms with Crippen LogP contribution in [0.25, 0.3) is 10.9 Å². The van der Waals surface area contributed by atoms with E-state index in [4.69, 9.17) is 16.7 Å². The summed E-state index contributed by atoms with van der Waals surface area (Å²) in [5.41, 5.74) is 0.829. The fourth-order valence-electron chi connectivity index (χ4n) is 1.78. The first-order valence-electron chi connectivity index (χ1n) is 5.97. The summed E-state index contributed by atoms with van der Waals surface area (Å²) in [6.07, 6.45) is 0.768. The molecule has 4 nitrogen and oxygen atoms in total. The van der Waals surface area contributed by atoms with Gasteiger partial charge in [0, 0.05) is 18.5 Å². The molecule has 2 N–H and O–H groups in total. The zero-order chi connectivity index (χ0) is 13.0. The highest BCUT2D eigenvalue weighted by molar-refractivity contribution is 6.28. The van der Waals surface area contributed by atoms with Gasteiger partial charge in [-0.25, -0.2) is 9.97 Å². The summed E-state index contributed by atoms with van der Waals surface area (Å²) in [6, 6.07) is 7.74. The molecule has 1 atom stereocenters. The molecule has 0 aliphatic heterocycles. The number of anilines is 1. The standard InChI is InChI=1S/C13H16ClN3O/c1-9(6-7-18)8-15-12-10-4-2-3-5-11(10)16-13(14)17-12/h2-5,9,18H,6-8H2,1H3,(H,15,16,17). The molecule has 0 radical (unpaired) electrons. The number of aliphatic hydroxyl groups is 1. The lowest BCUT2D eigenvalue weighted by molar-refractivity contribution is 0.266. The molecule has 96 valence electrons. The Hall–Kier alpha value is -1.39. The summed E-state index contributed by atoms with van der Waals surface area (Å²) >= 11 is 5.90. The van der Waals surface area contributed by atoms with Crippen molar-refractivity contribution in [3.05, 3.63) is 29.5 Å². The second-order valence-electron chi connectivity index (χ2n) is 4.36. The summed E-state index contributed by atoms with van der Waals surface area (Å²) in [4.78, 5) is 8.39. The van der Waals surface area contributed by atoms with Crippen molar-refractivity contribution in [2.45, 2.75) is 13.3 Å². The lowest BCUT2D eigenvalue weighted by Gasteiger charge is -2.13. The van der Waals surface area contributed by atoms with Crippen molar-refractivity contribution in [1.82, 2.24) is 9.97 Å². The largest absolute Gasteiger partial charge is 0.396 e. The topological polar surface area (TPSA) is 58.0 Å². The Morgan fingerprint density at radius 2 is 2.11 bits per heavy atom. The first kappa shape index (κ1) is 13.1. The third kappa shape index (κ3) is 3.09. The van der Waals surface area contributed by atoms with Crippen molar-refractivity contribution in [2.75, 3.05) is 18.5 Å². The van der Waals surface area contributed by atoms with Gasteiger partial charge >= 0.3 is 0 Å². The predicted molar refractivity (Wildman–Crippen MR) is 73.9 cm³/mol. The van der Waals surface area contributed by atoms with Crippen molar-refractivity contribution >= 4 is 28.3 Å². The fraction of sp³-hybridized carbons (Fsp3) is 0.385. The van der Waals surface area contributed by atoms with E-state index in [1.807, 2.05) is 24.3 Å². The zero-order valence-electron chi connectivity index (χ0n) is 10.2. The van der Waals surface area contributed by atoms with E-state index in [1.165, 1.54) is 0 Å². The molecule has 0 saturated carbocycles. The minimum Gasteiger partial charge on any atom is -0.396 e. The molecule has 2 aromatic rings. The molecule has 0 bridgehead atoms. The third-order valence-electron chi connectivity index (χ3n) is 2.82. The number of benzene rings is 1. The van der Waals surface area contributed by atoms with Gasteiger partial charge in [-0.05, 0) is 36.1 Å². The number of hydrogen-bond acceptors (Lipinski definition) is 4. The first-order chi connectivity index (χ1) is 8.70. The van der Waals surface area contributed by atoms with E-state index in [9.17, 15) is 0 Å². The molecule has 1 unspecified atom stereocenters. The molecular weight excluding hydrogens is 250 g/mol. The van der Waals surface area contributed by atoms with E-state index in [2.05, 4.69) is 22.2 Å². The number of hydrogen-bond donors (Lipinski definition) is 2. The van der Waals surface area contributed by atoms with Crippen LogP contribution >= 0.6 is 11.6 Å². The number of rotatable bonds is 5. The van der Waals surface area contributed by atoms with Crippen LogP contribution in [0.1, 0.15) is 13.3 Å². The molecule has 0 spiro atoms. The third-order valence-corrected chi connectivity index (χ3v) is 2.98. The van der Waals surface area contributed by atoms with Crippen LogP contribution in [0, 0.1) is 5.92 Å². The molecule has 1 aromatic heterocycles. The van der Waals surface area contributed by atoms with Crippen LogP contribution in [0.15, 0.2) is 24.3 Å². The summed E-state index contributed by atoms with van der Waals surface area (Å²) in [7, 11) is 0. The predicted octanol–water partition coefficient (Wildman–Crippen LogP) is 2.71. The van der Waals surface area contributed by atoms with Crippen molar-refractivity contribution in [3.8, 4) is 0 Å². The molecule has 0 amide bonds. The Morgan fingerprint density at radius 3 is 2.89 bits per heavy atom. The van der Waals surface area contributed by atoms with Gasteiger partial charge in [0.25, 0.3) is 0 Å². The second kappa shape index (κ2) is 5.98. The summed E-state index contributed by atoms with van der Waals surface area (Å²) < 4.78 is 0. The van der Waals surface area contributed by atoms with Gasteiger partial charge < -0.3 is 10.4 Å². The highest BCUT2D eigenvalue weighted by Gasteiger charge is 2.07. The highest BCUT2D eigenvalue weighted by Crippen LogP contribution is 2.22. The molecule has 18 heavy (non-hydrogen) atoms. The molecule has 1 heterocycles. The van der Waals surface area contributed by atoms with Crippen molar-refractivity contribution < 1.29 is 5.11 Å². The Balaban J connectivity index is 2.21. The monoisotopic (exact) mass is 265 g/mol. The molecule has 0 saturated heterocycles. The lowest BCUT2D eigenvalue weighted by Crippen LogP contribution is -2.13. The van der Waals surface area contributed by atoms with E-state index < -0.39 is 0 Å². The average molecular weight is 266 g/mol. The van der Waals surface area contributed by atoms with Crippen LogP contribution in [-0.2, 0) is 0 Å². The number of aliphatic hydroxyl groups excluding tert-OH is 1. The van der Waals surface area contributed by atoms with E-state index in [-0.39, 0.29) is 11.9 Å². The maximum atomic E-state index is 8.88. The van der Waals surface area contributed by atoms with Crippen LogP contribution in [0.5, 0.6) is 0 Å². The van der Waals surface area contributed by atoms with Crippen LogP contribution < -0.4 is 5.32 Å². The molecule has 0 fully saturated rings. The van der Waals surface area contributed by atoms with Gasteiger partial charge in [-0.1, -0.05) is 19.1 Å². The summed E-state index contributed by atoms with van der Waals surface area (Å²) in [6.45, 7) is 3.03. The molecule has 5 heteroatoms. The second-order valence-corrected chi connectivity index (χ2v) is 4.69. The van der Waals surface area contributed by atoms with Gasteiger partial charge in [0.1, 0.15) is 5.82 Å². The van der Waals surface area contributed by atoms with E-state index in [0.717, 1.165) is 29.7 Å². The van der Waals surface area contributed by atoms with Crippen LogP contribution in [-0.4, -0.2) is 28.2 Å². The number of nitrogens with zero attached hydrogens (tertiary/aromatic N) is 2. The normalized spacial score (nSPS) is 12.6. The number of aromatic nitrogens is 2. The quantitative estimate of drug-likeness (QED) is 0.816. The smallest absolute Gasteiger partial charge is 0.224 e. The van der Waals surface area contributed by atoms with Gasteiger partial charge in [-0.3, -0.25) is 0 Å². The number of nitrogens with one attached hydrogen (secondary N) is 1. The van der Waals surface area contributed by atoms with Gasteiger partial charge in [0.15, 0.2) is 0 Å². The minimum atomic E-state index is 0.203. The van der Waals surface area contributed by atoms with Crippen molar-refractivity contribution in [1.29, 1.82) is 0 Å². The lowest BCUT2D eigenvalue weighted by atomic mass is 10.1. The molecule has 0 aliphatic carbocycles. The number of para-hydroxylation sites is 1. The van der Waals surface area contributed by atoms with E-state index in [0.29, 0.717) is 5.92 Å². The Bertz CT molecular complexity index is 533. The zero-order valence-corrected chi connectivity index (χ0v) is 11.0. The van der Waals surface area contributed by atoms with Crippen molar-refractivity contribution in [2.24, 2.45) is 5.92 Å². The van der Waals surface area contributed by atoms with Crippen LogP contribution in [0.3, 0.4) is 0 Å². The van der Waals surface area contributed by atoms with Crippen LogP contribution in [0.4, 0.5) is 5.82 Å². The van der Waals surface area contributed by atoms with E-state index in [1.54, 1.807) is 0 Å². The van der Waals surface area contributed by atoms with Gasteiger partial charge in [-0.2, -0.15) is 0 Å². The molecule has 0 aliphatic rings. The Kier molecular flexibility index (Phi) is 4.33. The van der Waals surface area contributed by atoms with Gasteiger partial charge in [-0.15, -0.1) is 0 Å². The Morgan fingerprint density at radius 1 is 1.33 bits per heavy atom. The maximum absolute atomic E-state index is 8.88. The minimum absolute atomic E-state index is 0.203. The maximum Gasteiger partial charge on any atom is 0.224 e. The number of halogens is 1. The first-order valence-corrected chi connectivity index (χ1v) is 6.35. The summed E-state index contributed by atoms with van der Waals surface area (Å²) in [5.74, 6) is 1.12. The van der Waals surface area contributed by atoms with Gasteiger partial charge in [0.05, 0.1) is 5.52 Å². The number of fused-ring (bicyclic) bond motifs is 1. The average Bonchev–Trinajstić information content (AvgIpc) is 2.36.